The van der Waals surface area contributed by atoms with E-state index in [1.165, 1.54) is 0 Å². The number of pyridine rings is 1. The maximum Gasteiger partial charge on any atom is 0.252 e. The SMILES string of the molecule is Cc1c(CNC(=O)c2cc(-c3cnn(C)c3C)nc3ccccc23)cnn1C. The third kappa shape index (κ3) is 3.05. The number of carbonyl (C=O) groups is 1. The van der Waals surface area contributed by atoms with Crippen LogP contribution in [0.5, 0.6) is 0 Å². The molecule has 1 N–H and O–H groups in total. The first-order valence-corrected chi connectivity index (χ1v) is 9.10. The van der Waals surface area contributed by atoms with Gasteiger partial charge in [-0.3, -0.25) is 14.2 Å². The lowest BCUT2D eigenvalue weighted by Gasteiger charge is -2.10. The van der Waals surface area contributed by atoms with Crippen molar-refractivity contribution in [2.45, 2.75) is 20.4 Å². The van der Waals surface area contributed by atoms with Crippen LogP contribution in [-0.4, -0.2) is 30.5 Å². The zero-order valence-corrected chi connectivity index (χ0v) is 16.4. The minimum atomic E-state index is -0.135. The maximum atomic E-state index is 13.0. The molecule has 0 atom stereocenters. The third-order valence-corrected chi connectivity index (χ3v) is 5.25. The van der Waals surface area contributed by atoms with E-state index in [-0.39, 0.29) is 5.91 Å². The molecule has 0 aliphatic heterocycles. The predicted octanol–water partition coefficient (Wildman–Crippen LogP) is 2.92. The lowest BCUT2D eigenvalue weighted by molar-refractivity contribution is 0.0952. The van der Waals surface area contributed by atoms with Crippen molar-refractivity contribution in [1.29, 1.82) is 0 Å². The summed E-state index contributed by atoms with van der Waals surface area (Å²) >= 11 is 0. The van der Waals surface area contributed by atoms with Crippen LogP contribution in [-0.2, 0) is 20.6 Å². The van der Waals surface area contributed by atoms with Gasteiger partial charge in [0, 0.05) is 48.5 Å². The van der Waals surface area contributed by atoms with Crippen molar-refractivity contribution < 1.29 is 4.79 Å². The van der Waals surface area contributed by atoms with Gasteiger partial charge in [-0.05, 0) is 26.0 Å². The molecule has 7 nitrogen and oxygen atoms in total. The molecule has 0 saturated heterocycles. The van der Waals surface area contributed by atoms with Crippen LogP contribution in [0.3, 0.4) is 0 Å². The van der Waals surface area contributed by atoms with E-state index in [9.17, 15) is 4.79 Å². The Hall–Kier alpha value is -3.48. The van der Waals surface area contributed by atoms with Crippen LogP contribution in [0.1, 0.15) is 27.3 Å². The highest BCUT2D eigenvalue weighted by atomic mass is 16.1. The summed E-state index contributed by atoms with van der Waals surface area (Å²) in [6.45, 7) is 4.40. The molecule has 1 amide bonds. The molecule has 0 bridgehead atoms. The molecular weight excluding hydrogens is 352 g/mol. The summed E-state index contributed by atoms with van der Waals surface area (Å²) in [7, 11) is 3.78. The highest BCUT2D eigenvalue weighted by Gasteiger charge is 2.16. The normalized spacial score (nSPS) is 11.1. The summed E-state index contributed by atoms with van der Waals surface area (Å²) in [5, 5.41) is 12.4. The zero-order chi connectivity index (χ0) is 19.8. The van der Waals surface area contributed by atoms with Gasteiger partial charge in [0.25, 0.3) is 5.91 Å². The zero-order valence-electron chi connectivity index (χ0n) is 16.4. The highest BCUT2D eigenvalue weighted by molar-refractivity contribution is 6.07. The molecule has 0 radical (unpaired) electrons. The summed E-state index contributed by atoms with van der Waals surface area (Å²) < 4.78 is 3.60. The van der Waals surface area contributed by atoms with Crippen molar-refractivity contribution in [3.63, 3.8) is 0 Å². The molecule has 1 aromatic carbocycles. The van der Waals surface area contributed by atoms with Crippen molar-refractivity contribution in [2.24, 2.45) is 14.1 Å². The van der Waals surface area contributed by atoms with Gasteiger partial charge in [-0.15, -0.1) is 0 Å². The van der Waals surface area contributed by atoms with Gasteiger partial charge in [0.1, 0.15) is 0 Å². The van der Waals surface area contributed by atoms with Gasteiger partial charge in [0.05, 0.1) is 29.2 Å². The van der Waals surface area contributed by atoms with Crippen LogP contribution in [0.15, 0.2) is 42.7 Å². The van der Waals surface area contributed by atoms with E-state index in [0.717, 1.165) is 39.1 Å². The van der Waals surface area contributed by atoms with E-state index < -0.39 is 0 Å². The Kier molecular flexibility index (Phi) is 4.43. The quantitative estimate of drug-likeness (QED) is 0.596. The van der Waals surface area contributed by atoms with Gasteiger partial charge >= 0.3 is 0 Å². The number of benzene rings is 1. The molecule has 7 heteroatoms. The van der Waals surface area contributed by atoms with E-state index in [0.29, 0.717) is 12.1 Å². The topological polar surface area (TPSA) is 77.6 Å². The first kappa shape index (κ1) is 17.9. The molecule has 142 valence electrons. The molecule has 4 rings (SSSR count). The number of carbonyl (C=O) groups excluding carboxylic acids is 1. The second kappa shape index (κ2) is 6.92. The van der Waals surface area contributed by atoms with Gasteiger partial charge in [-0.1, -0.05) is 18.2 Å². The van der Waals surface area contributed by atoms with Gasteiger partial charge in [0.15, 0.2) is 0 Å². The van der Waals surface area contributed by atoms with Crippen molar-refractivity contribution in [3.8, 4) is 11.3 Å². The smallest absolute Gasteiger partial charge is 0.252 e. The Morgan fingerprint density at radius 2 is 1.75 bits per heavy atom. The molecule has 0 spiro atoms. The van der Waals surface area contributed by atoms with Crippen LogP contribution in [0.25, 0.3) is 22.2 Å². The summed E-state index contributed by atoms with van der Waals surface area (Å²) in [6.07, 6.45) is 3.57. The van der Waals surface area contributed by atoms with E-state index in [2.05, 4.69) is 15.5 Å². The summed E-state index contributed by atoms with van der Waals surface area (Å²) in [6, 6.07) is 9.54. The lowest BCUT2D eigenvalue weighted by Crippen LogP contribution is -2.23. The monoisotopic (exact) mass is 374 g/mol. The Morgan fingerprint density at radius 1 is 1.04 bits per heavy atom. The van der Waals surface area contributed by atoms with E-state index in [1.54, 1.807) is 21.8 Å². The predicted molar refractivity (Wildman–Crippen MR) is 108 cm³/mol. The Balaban J connectivity index is 1.73. The summed E-state index contributed by atoms with van der Waals surface area (Å²) in [4.78, 5) is 17.8. The van der Waals surface area contributed by atoms with E-state index in [4.69, 9.17) is 4.98 Å². The van der Waals surface area contributed by atoms with Crippen LogP contribution in [0, 0.1) is 13.8 Å². The number of aryl methyl sites for hydroxylation is 2. The number of hydrogen-bond donors (Lipinski definition) is 1. The highest BCUT2D eigenvalue weighted by Crippen LogP contribution is 2.26. The van der Waals surface area contributed by atoms with Gasteiger partial charge < -0.3 is 5.32 Å². The average molecular weight is 374 g/mol. The third-order valence-electron chi connectivity index (χ3n) is 5.25. The van der Waals surface area contributed by atoms with Crippen LogP contribution < -0.4 is 5.32 Å². The Labute approximate surface area is 163 Å². The van der Waals surface area contributed by atoms with Crippen LogP contribution >= 0.6 is 0 Å². The number of rotatable bonds is 4. The standard InChI is InChI=1S/C21H22N6O/c1-13-15(11-23-26(13)3)10-22-21(28)17-9-20(18-12-24-27(4)14(18)2)25-19-8-6-5-7-16(17)19/h5-9,11-12H,10H2,1-4H3,(H,22,28). The maximum absolute atomic E-state index is 13.0. The molecule has 3 heterocycles. The fourth-order valence-electron chi connectivity index (χ4n) is 3.24. The molecular formula is C21H22N6O. The minimum absolute atomic E-state index is 0.135. The molecule has 28 heavy (non-hydrogen) atoms. The number of aromatic nitrogens is 5. The van der Waals surface area contributed by atoms with Gasteiger partial charge in [-0.2, -0.15) is 10.2 Å². The van der Waals surface area contributed by atoms with Crippen molar-refractivity contribution in [2.75, 3.05) is 0 Å². The van der Waals surface area contributed by atoms with Crippen LogP contribution in [0.4, 0.5) is 0 Å². The lowest BCUT2D eigenvalue weighted by atomic mass is 10.0. The first-order valence-electron chi connectivity index (χ1n) is 9.10. The number of fused-ring (bicyclic) bond motifs is 1. The number of nitrogens with zero attached hydrogens (tertiary/aromatic N) is 5. The molecule has 3 aromatic heterocycles. The van der Waals surface area contributed by atoms with Crippen molar-refractivity contribution >= 4 is 16.8 Å². The molecule has 0 aliphatic carbocycles. The van der Waals surface area contributed by atoms with Gasteiger partial charge in [0.2, 0.25) is 0 Å². The molecule has 0 unspecified atom stereocenters. The fraction of sp³-hybridized carbons (Fsp3) is 0.238. The number of hydrogen-bond acceptors (Lipinski definition) is 4. The number of para-hydroxylation sites is 1. The summed E-state index contributed by atoms with van der Waals surface area (Å²) in [5.74, 6) is -0.135. The molecule has 0 aliphatic rings. The minimum Gasteiger partial charge on any atom is -0.348 e. The Bertz CT molecular complexity index is 1190. The van der Waals surface area contributed by atoms with Crippen molar-refractivity contribution in [1.82, 2.24) is 29.9 Å². The first-order chi connectivity index (χ1) is 13.5. The van der Waals surface area contributed by atoms with Gasteiger partial charge in [-0.25, -0.2) is 4.98 Å². The summed E-state index contributed by atoms with van der Waals surface area (Å²) in [5.41, 5.74) is 6.08. The Morgan fingerprint density at radius 3 is 2.43 bits per heavy atom. The molecule has 0 fully saturated rings. The number of nitrogens with one attached hydrogen (secondary N) is 1. The second-order valence-electron chi connectivity index (χ2n) is 6.90. The largest absolute Gasteiger partial charge is 0.348 e. The fourth-order valence-corrected chi connectivity index (χ4v) is 3.24. The van der Waals surface area contributed by atoms with Crippen LogP contribution in [0.2, 0.25) is 0 Å². The number of amides is 1. The molecule has 4 aromatic rings. The average Bonchev–Trinajstić information content (AvgIpc) is 3.21. The second-order valence-corrected chi connectivity index (χ2v) is 6.90. The van der Waals surface area contributed by atoms with Crippen molar-refractivity contribution in [3.05, 3.63) is 65.2 Å². The van der Waals surface area contributed by atoms with E-state index >= 15 is 0 Å². The molecule has 0 saturated carbocycles. The van der Waals surface area contributed by atoms with E-state index in [1.807, 2.05) is 58.3 Å².